The molecule has 0 aliphatic carbocycles. The number of rotatable bonds is 2. The van der Waals surface area contributed by atoms with E-state index in [9.17, 15) is 4.79 Å². The fourth-order valence-corrected chi connectivity index (χ4v) is 2.24. The predicted octanol–water partition coefficient (Wildman–Crippen LogP) is 2.87. The van der Waals surface area contributed by atoms with Gasteiger partial charge in [0.1, 0.15) is 0 Å². The van der Waals surface area contributed by atoms with Crippen LogP contribution in [0.1, 0.15) is 20.8 Å². The SMILES string of the molecule is Cc1csc(C(=O)c2ccccc2N)c1. The van der Waals surface area contributed by atoms with Gasteiger partial charge in [0.2, 0.25) is 5.78 Å². The van der Waals surface area contributed by atoms with Crippen molar-refractivity contribution in [1.29, 1.82) is 0 Å². The van der Waals surface area contributed by atoms with Crippen molar-refractivity contribution in [2.45, 2.75) is 6.92 Å². The highest BCUT2D eigenvalue weighted by atomic mass is 32.1. The molecule has 1 aromatic heterocycles. The maximum atomic E-state index is 12.0. The molecule has 1 aromatic carbocycles. The number of anilines is 1. The maximum Gasteiger partial charge on any atom is 0.205 e. The normalized spacial score (nSPS) is 10.2. The zero-order valence-corrected chi connectivity index (χ0v) is 9.17. The van der Waals surface area contributed by atoms with Crippen molar-refractivity contribution in [3.63, 3.8) is 0 Å². The highest BCUT2D eigenvalue weighted by Crippen LogP contribution is 2.21. The Balaban J connectivity index is 2.41. The van der Waals surface area contributed by atoms with Crippen LogP contribution in [0.3, 0.4) is 0 Å². The van der Waals surface area contributed by atoms with E-state index in [0.29, 0.717) is 11.3 Å². The van der Waals surface area contributed by atoms with E-state index in [-0.39, 0.29) is 5.78 Å². The average Bonchev–Trinajstić information content (AvgIpc) is 2.65. The number of nitrogens with two attached hydrogens (primary N) is 1. The van der Waals surface area contributed by atoms with Gasteiger partial charge in [-0.1, -0.05) is 12.1 Å². The fourth-order valence-electron chi connectivity index (χ4n) is 1.39. The van der Waals surface area contributed by atoms with Crippen LogP contribution in [0.25, 0.3) is 0 Å². The van der Waals surface area contributed by atoms with E-state index in [2.05, 4.69) is 0 Å². The van der Waals surface area contributed by atoms with E-state index in [1.54, 1.807) is 12.1 Å². The molecule has 1 heterocycles. The number of carbonyl (C=O) groups is 1. The summed E-state index contributed by atoms with van der Waals surface area (Å²) in [4.78, 5) is 12.8. The molecule has 2 aromatic rings. The molecule has 0 saturated heterocycles. The van der Waals surface area contributed by atoms with Crippen LogP contribution in [0, 0.1) is 6.92 Å². The summed E-state index contributed by atoms with van der Waals surface area (Å²) in [5.74, 6) is 0.00574. The quantitative estimate of drug-likeness (QED) is 0.621. The van der Waals surface area contributed by atoms with Crippen molar-refractivity contribution in [3.05, 3.63) is 51.7 Å². The Hall–Kier alpha value is -1.61. The molecule has 0 fully saturated rings. The Bertz CT molecular complexity index is 502. The first kappa shape index (κ1) is 9.93. The maximum absolute atomic E-state index is 12.0. The number of benzene rings is 1. The Morgan fingerprint density at radius 3 is 2.67 bits per heavy atom. The molecule has 2 N–H and O–H groups in total. The molecule has 0 saturated carbocycles. The van der Waals surface area contributed by atoms with E-state index in [1.165, 1.54) is 11.3 Å². The third kappa shape index (κ3) is 1.92. The minimum Gasteiger partial charge on any atom is -0.398 e. The Kier molecular flexibility index (Phi) is 2.56. The molecule has 0 atom stereocenters. The van der Waals surface area contributed by atoms with E-state index in [4.69, 9.17) is 5.73 Å². The number of para-hydroxylation sites is 1. The summed E-state index contributed by atoms with van der Waals surface area (Å²) >= 11 is 1.46. The third-order valence-corrected chi connectivity index (χ3v) is 3.21. The lowest BCUT2D eigenvalue weighted by Gasteiger charge is -2.01. The number of hydrogen-bond donors (Lipinski definition) is 1. The molecular weight excluding hydrogens is 206 g/mol. The molecule has 0 unspecified atom stereocenters. The lowest BCUT2D eigenvalue weighted by molar-refractivity contribution is 0.104. The van der Waals surface area contributed by atoms with Crippen LogP contribution in [0.5, 0.6) is 0 Å². The second-order valence-electron chi connectivity index (χ2n) is 3.40. The first-order chi connectivity index (χ1) is 7.18. The first-order valence-corrected chi connectivity index (χ1v) is 5.51. The Labute approximate surface area is 92.4 Å². The van der Waals surface area contributed by atoms with Crippen molar-refractivity contribution in [1.82, 2.24) is 0 Å². The van der Waals surface area contributed by atoms with Gasteiger partial charge in [-0.25, -0.2) is 0 Å². The van der Waals surface area contributed by atoms with E-state index >= 15 is 0 Å². The van der Waals surface area contributed by atoms with Crippen molar-refractivity contribution in [3.8, 4) is 0 Å². The molecule has 0 spiro atoms. The second-order valence-corrected chi connectivity index (χ2v) is 4.32. The van der Waals surface area contributed by atoms with Gasteiger partial charge in [0.05, 0.1) is 4.88 Å². The van der Waals surface area contributed by atoms with E-state index in [1.807, 2.05) is 30.5 Å². The molecule has 0 aliphatic rings. The molecule has 3 heteroatoms. The number of hydrogen-bond acceptors (Lipinski definition) is 3. The summed E-state index contributed by atoms with van der Waals surface area (Å²) < 4.78 is 0. The van der Waals surface area contributed by atoms with Crippen LogP contribution < -0.4 is 5.73 Å². The molecule has 0 amide bonds. The van der Waals surface area contributed by atoms with Crippen molar-refractivity contribution < 1.29 is 4.79 Å². The summed E-state index contributed by atoms with van der Waals surface area (Å²) in [5, 5.41) is 1.96. The van der Waals surface area contributed by atoms with Crippen molar-refractivity contribution in [2.75, 3.05) is 5.73 Å². The standard InChI is InChI=1S/C12H11NOS/c1-8-6-11(15-7-8)12(14)9-4-2-3-5-10(9)13/h2-7H,13H2,1H3. The average molecular weight is 217 g/mol. The number of aryl methyl sites for hydroxylation is 1. The van der Waals surface area contributed by atoms with Crippen molar-refractivity contribution in [2.24, 2.45) is 0 Å². The number of thiophene rings is 1. The smallest absolute Gasteiger partial charge is 0.205 e. The van der Waals surface area contributed by atoms with Crippen LogP contribution in [-0.2, 0) is 0 Å². The molecule has 0 bridgehead atoms. The van der Waals surface area contributed by atoms with Crippen LogP contribution in [0.2, 0.25) is 0 Å². The van der Waals surface area contributed by atoms with Gasteiger partial charge in [-0.3, -0.25) is 4.79 Å². The second kappa shape index (κ2) is 3.87. The highest BCUT2D eigenvalue weighted by molar-refractivity contribution is 7.12. The van der Waals surface area contributed by atoms with Crippen LogP contribution in [-0.4, -0.2) is 5.78 Å². The Morgan fingerprint density at radius 1 is 1.33 bits per heavy atom. The summed E-state index contributed by atoms with van der Waals surface area (Å²) in [5.41, 5.74) is 7.98. The van der Waals surface area contributed by atoms with Gasteiger partial charge < -0.3 is 5.73 Å². The minimum atomic E-state index is 0.00574. The third-order valence-electron chi connectivity index (χ3n) is 2.16. The fraction of sp³-hybridized carbons (Fsp3) is 0.0833. The molecule has 2 rings (SSSR count). The van der Waals surface area contributed by atoms with Gasteiger partial charge in [0.15, 0.2) is 0 Å². The minimum absolute atomic E-state index is 0.00574. The van der Waals surface area contributed by atoms with Crippen molar-refractivity contribution >= 4 is 22.8 Å². The van der Waals surface area contributed by atoms with Crippen LogP contribution >= 0.6 is 11.3 Å². The Morgan fingerprint density at radius 2 is 2.07 bits per heavy atom. The zero-order valence-electron chi connectivity index (χ0n) is 8.36. The molecular formula is C12H11NOS. The number of nitrogen functional groups attached to an aromatic ring is 1. The summed E-state index contributed by atoms with van der Waals surface area (Å²) in [6, 6.07) is 9.04. The van der Waals surface area contributed by atoms with Gasteiger partial charge in [-0.2, -0.15) is 0 Å². The first-order valence-electron chi connectivity index (χ1n) is 4.63. The summed E-state index contributed by atoms with van der Waals surface area (Å²) in [6.07, 6.45) is 0. The molecule has 2 nitrogen and oxygen atoms in total. The van der Waals surface area contributed by atoms with Gasteiger partial charge in [-0.15, -0.1) is 11.3 Å². The van der Waals surface area contributed by atoms with Crippen LogP contribution in [0.15, 0.2) is 35.7 Å². The summed E-state index contributed by atoms with van der Waals surface area (Å²) in [6.45, 7) is 1.97. The monoisotopic (exact) mass is 217 g/mol. The topological polar surface area (TPSA) is 43.1 Å². The summed E-state index contributed by atoms with van der Waals surface area (Å²) in [7, 11) is 0. The van der Waals surface area contributed by atoms with E-state index < -0.39 is 0 Å². The van der Waals surface area contributed by atoms with Gasteiger partial charge >= 0.3 is 0 Å². The molecule has 0 radical (unpaired) electrons. The molecule has 15 heavy (non-hydrogen) atoms. The number of carbonyl (C=O) groups excluding carboxylic acids is 1. The zero-order chi connectivity index (χ0) is 10.8. The predicted molar refractivity (Wildman–Crippen MR) is 63.3 cm³/mol. The molecule has 76 valence electrons. The lowest BCUT2D eigenvalue weighted by Crippen LogP contribution is -2.02. The highest BCUT2D eigenvalue weighted by Gasteiger charge is 2.12. The van der Waals surface area contributed by atoms with Gasteiger partial charge in [0, 0.05) is 11.3 Å². The van der Waals surface area contributed by atoms with Gasteiger partial charge in [-0.05, 0) is 36.1 Å². The largest absolute Gasteiger partial charge is 0.398 e. The van der Waals surface area contributed by atoms with E-state index in [0.717, 1.165) is 10.4 Å². The molecule has 0 aliphatic heterocycles. The van der Waals surface area contributed by atoms with Gasteiger partial charge in [0.25, 0.3) is 0 Å². The number of ketones is 1. The van der Waals surface area contributed by atoms with Crippen LogP contribution in [0.4, 0.5) is 5.69 Å². The lowest BCUT2D eigenvalue weighted by atomic mass is 10.1.